The third-order valence-electron chi connectivity index (χ3n) is 5.55. The minimum Gasteiger partial charge on any atom is -0.381 e. The molecule has 1 N–H and O–H groups in total. The number of aliphatic imine (C=N–C) groups is 1. The number of methoxy groups -OCH3 is 1. The SMILES string of the molecule is CCCC1(C)CCCN(C(=NC)NCC2(OC)CCOCC2)C1.I. The normalized spacial score (nSPS) is 27.5. The number of likely N-dealkylation sites (tertiary alicyclic amines) is 1. The number of hydrogen-bond donors (Lipinski definition) is 1. The Kier molecular flexibility index (Phi) is 9.30. The third-order valence-corrected chi connectivity index (χ3v) is 5.55. The van der Waals surface area contributed by atoms with E-state index in [0.717, 1.165) is 51.6 Å². The molecule has 2 saturated heterocycles. The van der Waals surface area contributed by atoms with Crippen molar-refractivity contribution in [3.63, 3.8) is 0 Å². The van der Waals surface area contributed by atoms with Gasteiger partial charge in [0.1, 0.15) is 0 Å². The molecular formula is C18H36IN3O2. The van der Waals surface area contributed by atoms with E-state index in [1.165, 1.54) is 25.7 Å². The van der Waals surface area contributed by atoms with E-state index in [-0.39, 0.29) is 29.6 Å². The lowest BCUT2D eigenvalue weighted by Gasteiger charge is -2.43. The number of nitrogens with one attached hydrogen (secondary N) is 1. The summed E-state index contributed by atoms with van der Waals surface area (Å²) in [5.41, 5.74) is 0.305. The highest BCUT2D eigenvalue weighted by Gasteiger charge is 2.35. The molecule has 0 radical (unpaired) electrons. The fourth-order valence-electron chi connectivity index (χ4n) is 4.07. The highest BCUT2D eigenvalue weighted by atomic mass is 127. The second-order valence-corrected chi connectivity index (χ2v) is 7.49. The topological polar surface area (TPSA) is 46.1 Å². The van der Waals surface area contributed by atoms with Crippen molar-refractivity contribution in [1.29, 1.82) is 0 Å². The summed E-state index contributed by atoms with van der Waals surface area (Å²) in [7, 11) is 3.70. The van der Waals surface area contributed by atoms with Gasteiger partial charge >= 0.3 is 0 Å². The Hall–Kier alpha value is -0.0800. The van der Waals surface area contributed by atoms with E-state index in [1.807, 2.05) is 14.2 Å². The average Bonchev–Trinajstić information content (AvgIpc) is 2.56. The fraction of sp³-hybridized carbons (Fsp3) is 0.944. The summed E-state index contributed by atoms with van der Waals surface area (Å²) in [4.78, 5) is 6.96. The average molecular weight is 453 g/mol. The minimum atomic E-state index is -0.114. The molecule has 5 nitrogen and oxygen atoms in total. The number of ether oxygens (including phenoxy) is 2. The number of rotatable bonds is 5. The van der Waals surface area contributed by atoms with Crippen molar-refractivity contribution in [2.75, 3.05) is 47.0 Å². The van der Waals surface area contributed by atoms with Crippen molar-refractivity contribution >= 4 is 29.9 Å². The highest BCUT2D eigenvalue weighted by Crippen LogP contribution is 2.34. The van der Waals surface area contributed by atoms with E-state index in [1.54, 1.807) is 0 Å². The lowest BCUT2D eigenvalue weighted by Crippen LogP contribution is -2.54. The van der Waals surface area contributed by atoms with Crippen LogP contribution in [0.25, 0.3) is 0 Å². The van der Waals surface area contributed by atoms with Crippen molar-refractivity contribution in [3.8, 4) is 0 Å². The van der Waals surface area contributed by atoms with Gasteiger partial charge in [0.25, 0.3) is 0 Å². The summed E-state index contributed by atoms with van der Waals surface area (Å²) in [6.45, 7) is 9.28. The van der Waals surface area contributed by atoms with Gasteiger partial charge in [-0.2, -0.15) is 0 Å². The maximum Gasteiger partial charge on any atom is 0.193 e. The smallest absolute Gasteiger partial charge is 0.193 e. The lowest BCUT2D eigenvalue weighted by molar-refractivity contribution is -0.0858. The Labute approximate surface area is 165 Å². The summed E-state index contributed by atoms with van der Waals surface area (Å²) in [5.74, 6) is 1.02. The summed E-state index contributed by atoms with van der Waals surface area (Å²) in [6.07, 6.45) is 7.01. The van der Waals surface area contributed by atoms with Crippen molar-refractivity contribution < 1.29 is 9.47 Å². The molecule has 2 aliphatic rings. The molecule has 142 valence electrons. The number of guanidine groups is 1. The predicted molar refractivity (Wildman–Crippen MR) is 110 cm³/mol. The quantitative estimate of drug-likeness (QED) is 0.394. The first-order chi connectivity index (χ1) is 11.1. The van der Waals surface area contributed by atoms with Crippen molar-refractivity contribution in [1.82, 2.24) is 10.2 Å². The van der Waals surface area contributed by atoms with Crippen LogP contribution in [0.2, 0.25) is 0 Å². The molecule has 0 aromatic rings. The van der Waals surface area contributed by atoms with Gasteiger partial charge in [0.05, 0.1) is 5.60 Å². The molecule has 0 aromatic heterocycles. The molecule has 0 spiro atoms. The Morgan fingerprint density at radius 2 is 2.00 bits per heavy atom. The van der Waals surface area contributed by atoms with Gasteiger partial charge in [-0.1, -0.05) is 20.3 Å². The molecule has 1 atom stereocenters. The molecule has 0 aliphatic carbocycles. The van der Waals surface area contributed by atoms with E-state index in [9.17, 15) is 0 Å². The molecule has 6 heteroatoms. The van der Waals surface area contributed by atoms with E-state index < -0.39 is 0 Å². The Bertz CT molecular complexity index is 396. The van der Waals surface area contributed by atoms with Gasteiger partial charge in [-0.25, -0.2) is 0 Å². The van der Waals surface area contributed by atoms with E-state index in [2.05, 4.69) is 29.1 Å². The monoisotopic (exact) mass is 453 g/mol. The largest absolute Gasteiger partial charge is 0.381 e. The molecule has 0 bridgehead atoms. The Morgan fingerprint density at radius 3 is 2.58 bits per heavy atom. The maximum absolute atomic E-state index is 5.82. The molecular weight excluding hydrogens is 417 g/mol. The standard InChI is InChI=1S/C18H35N3O2.HI/c1-5-7-17(2)8-6-11-21(15-17)16(19-3)20-14-18(22-4)9-12-23-13-10-18;/h5-15H2,1-4H3,(H,19,20);1H. The zero-order valence-corrected chi connectivity index (χ0v) is 18.2. The first-order valence-electron chi connectivity index (χ1n) is 9.15. The molecule has 24 heavy (non-hydrogen) atoms. The van der Waals surface area contributed by atoms with Crippen LogP contribution in [0.1, 0.15) is 52.4 Å². The van der Waals surface area contributed by atoms with Crippen molar-refractivity contribution in [2.24, 2.45) is 10.4 Å². The van der Waals surface area contributed by atoms with E-state index in [4.69, 9.17) is 9.47 Å². The molecule has 2 aliphatic heterocycles. The first-order valence-corrected chi connectivity index (χ1v) is 9.15. The van der Waals surface area contributed by atoms with Crippen LogP contribution in [0.15, 0.2) is 4.99 Å². The number of nitrogens with zero attached hydrogens (tertiary/aromatic N) is 2. The zero-order valence-electron chi connectivity index (χ0n) is 15.9. The Morgan fingerprint density at radius 1 is 1.29 bits per heavy atom. The van der Waals surface area contributed by atoms with Crippen molar-refractivity contribution in [3.05, 3.63) is 0 Å². The van der Waals surface area contributed by atoms with Crippen LogP contribution in [-0.4, -0.2) is 63.5 Å². The summed E-state index contributed by atoms with van der Waals surface area (Å²) in [5, 5.41) is 3.58. The maximum atomic E-state index is 5.82. The van der Waals surface area contributed by atoms with Crippen LogP contribution in [0, 0.1) is 5.41 Å². The van der Waals surface area contributed by atoms with Gasteiger partial charge in [0.15, 0.2) is 5.96 Å². The lowest BCUT2D eigenvalue weighted by atomic mass is 9.78. The van der Waals surface area contributed by atoms with Crippen molar-refractivity contribution in [2.45, 2.75) is 58.0 Å². The van der Waals surface area contributed by atoms with Gasteiger partial charge in [-0.3, -0.25) is 4.99 Å². The molecule has 2 rings (SSSR count). The summed E-state index contributed by atoms with van der Waals surface area (Å²) >= 11 is 0. The van der Waals surface area contributed by atoms with Gasteiger partial charge < -0.3 is 19.7 Å². The molecule has 2 fully saturated rings. The van der Waals surface area contributed by atoms with Gasteiger partial charge in [0.2, 0.25) is 0 Å². The van der Waals surface area contributed by atoms with Gasteiger partial charge in [-0.05, 0) is 24.7 Å². The zero-order chi connectivity index (χ0) is 16.8. The van der Waals surface area contributed by atoms with E-state index >= 15 is 0 Å². The van der Waals surface area contributed by atoms with E-state index in [0.29, 0.717) is 5.41 Å². The fourth-order valence-corrected chi connectivity index (χ4v) is 4.07. The van der Waals surface area contributed by atoms with Crippen LogP contribution in [0.3, 0.4) is 0 Å². The number of halogens is 1. The number of hydrogen-bond acceptors (Lipinski definition) is 3. The van der Waals surface area contributed by atoms with Gasteiger partial charge in [-0.15, -0.1) is 24.0 Å². The summed E-state index contributed by atoms with van der Waals surface area (Å²) in [6, 6.07) is 0. The van der Waals surface area contributed by atoms with Crippen LogP contribution in [0.4, 0.5) is 0 Å². The number of piperidine rings is 1. The second-order valence-electron chi connectivity index (χ2n) is 7.49. The first kappa shape index (κ1) is 22.0. The highest BCUT2D eigenvalue weighted by molar-refractivity contribution is 14.0. The van der Waals surface area contributed by atoms with Crippen LogP contribution in [0.5, 0.6) is 0 Å². The molecule has 0 aromatic carbocycles. The Balaban J connectivity index is 0.00000288. The summed E-state index contributed by atoms with van der Waals surface area (Å²) < 4.78 is 11.3. The van der Waals surface area contributed by atoms with Gasteiger partial charge in [0, 0.05) is 59.8 Å². The molecule has 0 saturated carbocycles. The minimum absolute atomic E-state index is 0. The predicted octanol–water partition coefficient (Wildman–Crippen LogP) is 3.28. The van der Waals surface area contributed by atoms with Crippen LogP contribution in [-0.2, 0) is 9.47 Å². The molecule has 1 unspecified atom stereocenters. The molecule has 2 heterocycles. The molecule has 0 amide bonds. The second kappa shape index (κ2) is 10.2. The van der Waals surface area contributed by atoms with Crippen LogP contribution >= 0.6 is 24.0 Å². The van der Waals surface area contributed by atoms with Crippen LogP contribution < -0.4 is 5.32 Å². The third kappa shape index (κ3) is 5.73.